The molecule has 3 amide bonds. The summed E-state index contributed by atoms with van der Waals surface area (Å²) >= 11 is 2.33. The molecule has 1 spiro atoms. The Hall–Kier alpha value is -2.61. The minimum Gasteiger partial charge on any atom is -0.330 e. The molecular formula is C22H17BrF2N2O3. The second-order valence-electron chi connectivity index (χ2n) is 7.85. The molecule has 2 saturated heterocycles. The minimum atomic E-state index is -3.91. The molecule has 5 nitrogen and oxygen atoms in total. The molecular weight excluding hydrogens is 458 g/mol. The fraction of sp³-hybridized carbons (Fsp3) is 0.318. The van der Waals surface area contributed by atoms with Crippen LogP contribution in [0.4, 0.5) is 8.78 Å². The smallest absolute Gasteiger partial charge is 0.325 e. The summed E-state index contributed by atoms with van der Waals surface area (Å²) in [4.78, 5) is 38.4. The van der Waals surface area contributed by atoms with E-state index in [1.807, 2.05) is 24.3 Å². The standard InChI is InChI=1S/C22H17BrF2N2O3/c1-3-27-17(28)16-20(19(27)30,22(23,24)25)18(29)26(2)21(16)14-10-6-4-8-12(14)13-9-5-7-11-15(13)21/h4-11,16H,3H2,1-2H3/t16-,20+/m0/s1. The highest BCUT2D eigenvalue weighted by Gasteiger charge is 2.85. The Balaban J connectivity index is 1.95. The summed E-state index contributed by atoms with van der Waals surface area (Å²) in [6.07, 6.45) is 0. The van der Waals surface area contributed by atoms with Crippen molar-refractivity contribution < 1.29 is 23.2 Å². The topological polar surface area (TPSA) is 57.7 Å². The average molecular weight is 475 g/mol. The normalized spacial score (nSPS) is 26.4. The third-order valence-corrected chi connectivity index (χ3v) is 7.47. The Bertz CT molecular complexity index is 1100. The summed E-state index contributed by atoms with van der Waals surface area (Å²) in [6.45, 7) is 1.45. The highest BCUT2D eigenvalue weighted by atomic mass is 79.9. The second kappa shape index (κ2) is 5.75. The molecule has 2 aromatic rings. The molecule has 0 aromatic heterocycles. The maximum absolute atomic E-state index is 15.2. The van der Waals surface area contributed by atoms with Crippen molar-refractivity contribution in [3.8, 4) is 11.1 Å². The zero-order valence-corrected chi connectivity index (χ0v) is 17.7. The third kappa shape index (κ3) is 1.77. The number of carbonyl (C=O) groups is 3. The summed E-state index contributed by atoms with van der Waals surface area (Å²) in [7, 11) is 1.40. The second-order valence-corrected chi connectivity index (χ2v) is 8.84. The molecule has 2 aromatic carbocycles. The molecule has 0 N–H and O–H groups in total. The van der Waals surface area contributed by atoms with E-state index >= 15 is 8.78 Å². The molecule has 2 fully saturated rings. The predicted molar refractivity (Wildman–Crippen MR) is 108 cm³/mol. The number of amides is 3. The fourth-order valence-corrected chi connectivity index (χ4v) is 6.29. The maximum atomic E-state index is 15.2. The lowest BCUT2D eigenvalue weighted by atomic mass is 9.67. The van der Waals surface area contributed by atoms with Gasteiger partial charge in [-0.2, -0.15) is 8.78 Å². The number of halogens is 3. The van der Waals surface area contributed by atoms with Crippen molar-refractivity contribution in [1.29, 1.82) is 0 Å². The van der Waals surface area contributed by atoms with Crippen molar-refractivity contribution in [3.05, 3.63) is 59.7 Å². The van der Waals surface area contributed by atoms with Crippen LogP contribution >= 0.6 is 15.9 Å². The van der Waals surface area contributed by atoms with Crippen LogP contribution in [0, 0.1) is 11.3 Å². The van der Waals surface area contributed by atoms with Crippen LogP contribution in [-0.4, -0.2) is 45.9 Å². The van der Waals surface area contributed by atoms with Crippen molar-refractivity contribution >= 4 is 33.7 Å². The molecule has 3 aliphatic rings. The molecule has 30 heavy (non-hydrogen) atoms. The van der Waals surface area contributed by atoms with Crippen molar-refractivity contribution in [2.45, 2.75) is 17.3 Å². The van der Waals surface area contributed by atoms with Gasteiger partial charge in [0.15, 0.2) is 0 Å². The number of likely N-dealkylation sites (tertiary alicyclic amines) is 2. The first kappa shape index (κ1) is 19.4. The highest BCUT2D eigenvalue weighted by Crippen LogP contribution is 2.69. The Kier molecular flexibility index (Phi) is 3.71. The molecule has 154 valence electrons. The van der Waals surface area contributed by atoms with Gasteiger partial charge in [-0.05, 0) is 45.1 Å². The van der Waals surface area contributed by atoms with Crippen LogP contribution in [0.15, 0.2) is 48.5 Å². The van der Waals surface area contributed by atoms with Crippen LogP contribution in [0.2, 0.25) is 0 Å². The number of hydrogen-bond donors (Lipinski definition) is 0. The molecule has 0 bridgehead atoms. The van der Waals surface area contributed by atoms with Gasteiger partial charge in [-0.3, -0.25) is 19.3 Å². The predicted octanol–water partition coefficient (Wildman–Crippen LogP) is 3.36. The molecule has 1 aliphatic carbocycles. The van der Waals surface area contributed by atoms with E-state index in [1.165, 1.54) is 18.9 Å². The fourth-order valence-electron chi connectivity index (χ4n) is 5.73. The molecule has 2 heterocycles. The summed E-state index contributed by atoms with van der Waals surface area (Å²) in [5.41, 5.74) is -1.68. The van der Waals surface area contributed by atoms with E-state index < -0.39 is 39.4 Å². The number of benzene rings is 2. The lowest BCUT2D eigenvalue weighted by Crippen LogP contribution is -2.52. The van der Waals surface area contributed by atoms with Gasteiger partial charge in [0, 0.05) is 13.6 Å². The van der Waals surface area contributed by atoms with E-state index in [4.69, 9.17) is 0 Å². The van der Waals surface area contributed by atoms with Gasteiger partial charge < -0.3 is 4.90 Å². The Morgan fingerprint density at radius 2 is 1.47 bits per heavy atom. The Labute approximate surface area is 179 Å². The molecule has 0 saturated carbocycles. The summed E-state index contributed by atoms with van der Waals surface area (Å²) in [5, 5.41) is 0. The Morgan fingerprint density at radius 1 is 0.967 bits per heavy atom. The first-order chi connectivity index (χ1) is 14.2. The molecule has 8 heteroatoms. The number of fused-ring (bicyclic) bond motifs is 7. The quantitative estimate of drug-likeness (QED) is 0.381. The zero-order chi connectivity index (χ0) is 21.6. The lowest BCUT2D eigenvalue weighted by molar-refractivity contribution is -0.160. The van der Waals surface area contributed by atoms with Gasteiger partial charge in [0.1, 0.15) is 11.5 Å². The van der Waals surface area contributed by atoms with E-state index in [0.717, 1.165) is 16.0 Å². The summed E-state index contributed by atoms with van der Waals surface area (Å²) in [5.74, 6) is -4.58. The first-order valence-electron chi connectivity index (χ1n) is 9.57. The van der Waals surface area contributed by atoms with Crippen LogP contribution in [0.5, 0.6) is 0 Å². The highest BCUT2D eigenvalue weighted by molar-refractivity contribution is 9.10. The average Bonchev–Trinajstić information content (AvgIpc) is 3.22. The zero-order valence-electron chi connectivity index (χ0n) is 16.2. The van der Waals surface area contributed by atoms with Crippen molar-refractivity contribution in [2.24, 2.45) is 11.3 Å². The molecule has 5 rings (SSSR count). The van der Waals surface area contributed by atoms with Crippen LogP contribution in [0.1, 0.15) is 18.1 Å². The molecule has 0 unspecified atom stereocenters. The van der Waals surface area contributed by atoms with E-state index in [9.17, 15) is 14.4 Å². The van der Waals surface area contributed by atoms with Crippen molar-refractivity contribution in [2.75, 3.05) is 13.6 Å². The van der Waals surface area contributed by atoms with Gasteiger partial charge in [-0.15, -0.1) is 0 Å². The van der Waals surface area contributed by atoms with Gasteiger partial charge in [-0.1, -0.05) is 48.5 Å². The van der Waals surface area contributed by atoms with Gasteiger partial charge in [0.2, 0.25) is 17.2 Å². The van der Waals surface area contributed by atoms with Gasteiger partial charge in [-0.25, -0.2) is 0 Å². The van der Waals surface area contributed by atoms with Crippen LogP contribution in [-0.2, 0) is 19.9 Å². The van der Waals surface area contributed by atoms with Crippen LogP contribution in [0.25, 0.3) is 11.1 Å². The van der Waals surface area contributed by atoms with Gasteiger partial charge in [0.05, 0.1) is 0 Å². The lowest BCUT2D eigenvalue weighted by Gasteiger charge is -2.38. The molecule has 2 aliphatic heterocycles. The number of imide groups is 1. The monoisotopic (exact) mass is 474 g/mol. The van der Waals surface area contributed by atoms with Crippen LogP contribution in [0.3, 0.4) is 0 Å². The Morgan fingerprint density at radius 3 is 1.93 bits per heavy atom. The SMILES string of the molecule is CCN1C(=O)[C@@H]2C3(c4ccccc4-c4ccccc43)N(C)C(=O)[C@@]2(C(F)(F)Br)C1=O. The first-order valence-corrected chi connectivity index (χ1v) is 10.4. The maximum Gasteiger partial charge on any atom is 0.325 e. The van der Waals surface area contributed by atoms with Gasteiger partial charge in [0.25, 0.3) is 5.91 Å². The summed E-state index contributed by atoms with van der Waals surface area (Å²) < 4.78 is 30.4. The van der Waals surface area contributed by atoms with Crippen LogP contribution < -0.4 is 0 Å². The van der Waals surface area contributed by atoms with E-state index in [1.54, 1.807) is 24.3 Å². The van der Waals surface area contributed by atoms with E-state index in [0.29, 0.717) is 11.1 Å². The third-order valence-electron chi connectivity index (χ3n) is 6.85. The summed E-state index contributed by atoms with van der Waals surface area (Å²) in [6, 6.07) is 14.3. The van der Waals surface area contributed by atoms with E-state index in [2.05, 4.69) is 15.9 Å². The van der Waals surface area contributed by atoms with E-state index in [-0.39, 0.29) is 6.54 Å². The number of rotatable bonds is 2. The number of carbonyl (C=O) groups excluding carboxylic acids is 3. The number of alkyl halides is 3. The van der Waals surface area contributed by atoms with Crippen molar-refractivity contribution in [3.63, 3.8) is 0 Å². The largest absolute Gasteiger partial charge is 0.330 e. The van der Waals surface area contributed by atoms with Crippen molar-refractivity contribution in [1.82, 2.24) is 9.80 Å². The number of hydrogen-bond acceptors (Lipinski definition) is 3. The molecule has 2 atom stereocenters. The molecule has 0 radical (unpaired) electrons. The minimum absolute atomic E-state index is 0.0879. The number of nitrogens with zero attached hydrogens (tertiary/aromatic N) is 2. The van der Waals surface area contributed by atoms with Gasteiger partial charge >= 0.3 is 4.83 Å².